The van der Waals surface area contributed by atoms with Crippen molar-refractivity contribution in [2.24, 2.45) is 7.05 Å². The zero-order chi connectivity index (χ0) is 21.2. The van der Waals surface area contributed by atoms with Crippen molar-refractivity contribution >= 4 is 45.0 Å². The third kappa shape index (κ3) is 4.20. The number of hydrogen-bond donors (Lipinski definition) is 1. The second-order valence-corrected chi connectivity index (χ2v) is 9.58. The number of nitrogens with one attached hydrogen (secondary N) is 1. The van der Waals surface area contributed by atoms with Gasteiger partial charge in [-0.3, -0.25) is 4.79 Å². The summed E-state index contributed by atoms with van der Waals surface area (Å²) in [5.41, 5.74) is 2.55. The van der Waals surface area contributed by atoms with Gasteiger partial charge in [0.1, 0.15) is 5.01 Å². The number of imidazole rings is 1. The van der Waals surface area contributed by atoms with Gasteiger partial charge in [0, 0.05) is 30.4 Å². The molecule has 0 atom stereocenters. The summed E-state index contributed by atoms with van der Waals surface area (Å²) >= 11 is 4.62. The Morgan fingerprint density at radius 3 is 2.71 bits per heavy atom. The van der Waals surface area contributed by atoms with Gasteiger partial charge in [0.2, 0.25) is 5.91 Å². The summed E-state index contributed by atoms with van der Waals surface area (Å²) < 4.78 is 1.95. The zero-order valence-electron chi connectivity index (χ0n) is 16.5. The van der Waals surface area contributed by atoms with Gasteiger partial charge in [0.25, 0.3) is 0 Å². The monoisotopic (exact) mass is 463 g/mol. The van der Waals surface area contributed by atoms with Crippen molar-refractivity contribution in [3.05, 3.63) is 71.3 Å². The molecule has 4 aromatic heterocycles. The van der Waals surface area contributed by atoms with Crippen molar-refractivity contribution in [2.75, 3.05) is 5.32 Å². The molecule has 1 aromatic carbocycles. The highest BCUT2D eigenvalue weighted by molar-refractivity contribution is 7.20. The second-order valence-electron chi connectivity index (χ2n) is 6.77. The number of nitrogens with zero attached hydrogens (tertiary/aromatic N) is 4. The molecule has 0 radical (unpaired) electrons. The fourth-order valence-electron chi connectivity index (χ4n) is 3.13. The van der Waals surface area contributed by atoms with Gasteiger partial charge >= 0.3 is 0 Å². The third-order valence-corrected chi connectivity index (χ3v) is 7.47. The van der Waals surface area contributed by atoms with Crippen LogP contribution < -0.4 is 5.32 Å². The Hall–Kier alpha value is -3.14. The van der Waals surface area contributed by atoms with Crippen LogP contribution in [0.3, 0.4) is 0 Å². The van der Waals surface area contributed by atoms with E-state index >= 15 is 0 Å². The molecule has 0 fully saturated rings. The van der Waals surface area contributed by atoms with Crippen LogP contribution in [0.4, 0.5) is 5.13 Å². The Bertz CT molecular complexity index is 1320. The van der Waals surface area contributed by atoms with E-state index in [-0.39, 0.29) is 12.3 Å². The highest BCUT2D eigenvalue weighted by atomic mass is 32.1. The SMILES string of the molecule is Cn1ccnc1-c1sc(NC(=O)Cc2csc(-c3cccs3)n2)nc1-c1ccccc1. The number of rotatable bonds is 6. The molecule has 1 amide bonds. The van der Waals surface area contributed by atoms with Crippen LogP contribution in [0.25, 0.3) is 31.8 Å². The molecule has 4 heterocycles. The first kappa shape index (κ1) is 19.8. The van der Waals surface area contributed by atoms with Crippen LogP contribution in [0.2, 0.25) is 0 Å². The lowest BCUT2D eigenvalue weighted by Crippen LogP contribution is -2.14. The maximum Gasteiger partial charge on any atom is 0.232 e. The van der Waals surface area contributed by atoms with E-state index in [0.29, 0.717) is 5.13 Å². The molecule has 0 saturated carbocycles. The van der Waals surface area contributed by atoms with Crippen molar-refractivity contribution < 1.29 is 4.79 Å². The van der Waals surface area contributed by atoms with Crippen LogP contribution in [-0.2, 0) is 18.3 Å². The van der Waals surface area contributed by atoms with E-state index in [1.54, 1.807) is 28.9 Å². The number of aryl methyl sites for hydroxylation is 1. The highest BCUT2D eigenvalue weighted by Crippen LogP contribution is 2.38. The average molecular weight is 464 g/mol. The maximum absolute atomic E-state index is 12.7. The van der Waals surface area contributed by atoms with E-state index in [9.17, 15) is 4.79 Å². The molecule has 1 N–H and O–H groups in total. The molecular formula is C22H17N5OS3. The minimum absolute atomic E-state index is 0.136. The number of anilines is 1. The number of hydrogen-bond acceptors (Lipinski definition) is 7. The minimum atomic E-state index is -0.136. The van der Waals surface area contributed by atoms with E-state index in [2.05, 4.69) is 15.3 Å². The normalized spacial score (nSPS) is 11.0. The van der Waals surface area contributed by atoms with Crippen LogP contribution in [0.15, 0.2) is 65.6 Å². The standard InChI is InChI=1S/C22H17N5OS3/c1-27-10-9-23-20(27)19-18(14-6-3-2-4-7-14)26-22(31-19)25-17(28)12-15-13-30-21(24-15)16-8-5-11-29-16/h2-11,13H,12H2,1H3,(H,25,26,28). The summed E-state index contributed by atoms with van der Waals surface area (Å²) in [4.78, 5) is 28.5. The van der Waals surface area contributed by atoms with E-state index in [0.717, 1.165) is 37.5 Å². The molecule has 9 heteroatoms. The van der Waals surface area contributed by atoms with Gasteiger partial charge in [-0.1, -0.05) is 47.7 Å². The summed E-state index contributed by atoms with van der Waals surface area (Å²) in [5.74, 6) is 0.680. The lowest BCUT2D eigenvalue weighted by molar-refractivity contribution is -0.115. The molecule has 5 aromatic rings. The molecular weight excluding hydrogens is 446 g/mol. The van der Waals surface area contributed by atoms with Gasteiger partial charge in [-0.15, -0.1) is 22.7 Å². The molecule has 5 rings (SSSR count). The fourth-order valence-corrected chi connectivity index (χ4v) is 5.81. The summed E-state index contributed by atoms with van der Waals surface area (Å²) in [6.45, 7) is 0. The molecule has 0 aliphatic carbocycles. The smallest absolute Gasteiger partial charge is 0.232 e. The van der Waals surface area contributed by atoms with Crippen molar-refractivity contribution in [3.63, 3.8) is 0 Å². The van der Waals surface area contributed by atoms with Crippen LogP contribution in [0.5, 0.6) is 0 Å². The van der Waals surface area contributed by atoms with Gasteiger partial charge in [0.05, 0.1) is 27.6 Å². The van der Waals surface area contributed by atoms with Crippen molar-refractivity contribution in [1.29, 1.82) is 0 Å². The topological polar surface area (TPSA) is 72.7 Å². The van der Waals surface area contributed by atoms with E-state index in [4.69, 9.17) is 4.98 Å². The lowest BCUT2D eigenvalue weighted by Gasteiger charge is -2.02. The molecule has 0 bridgehead atoms. The van der Waals surface area contributed by atoms with Crippen molar-refractivity contribution in [1.82, 2.24) is 19.5 Å². The largest absolute Gasteiger partial charge is 0.333 e. The number of thiazole rings is 2. The molecule has 0 unspecified atom stereocenters. The second kappa shape index (κ2) is 8.54. The molecule has 0 aliphatic rings. The van der Waals surface area contributed by atoms with Crippen LogP contribution in [-0.4, -0.2) is 25.4 Å². The lowest BCUT2D eigenvalue weighted by atomic mass is 10.1. The number of carbonyl (C=O) groups is 1. The van der Waals surface area contributed by atoms with Crippen LogP contribution in [0, 0.1) is 0 Å². The van der Waals surface area contributed by atoms with Gasteiger partial charge < -0.3 is 9.88 Å². The molecule has 154 valence electrons. The van der Waals surface area contributed by atoms with E-state index in [1.807, 2.05) is 71.0 Å². The number of thiophene rings is 1. The summed E-state index contributed by atoms with van der Waals surface area (Å²) in [5, 5.41) is 8.40. The number of aromatic nitrogens is 4. The first-order chi connectivity index (χ1) is 15.2. The van der Waals surface area contributed by atoms with E-state index < -0.39 is 0 Å². The molecule has 0 spiro atoms. The van der Waals surface area contributed by atoms with Gasteiger partial charge in [0.15, 0.2) is 11.0 Å². The van der Waals surface area contributed by atoms with Crippen molar-refractivity contribution in [2.45, 2.75) is 6.42 Å². The highest BCUT2D eigenvalue weighted by Gasteiger charge is 2.19. The molecule has 6 nitrogen and oxygen atoms in total. The van der Waals surface area contributed by atoms with Crippen LogP contribution >= 0.6 is 34.0 Å². The first-order valence-electron chi connectivity index (χ1n) is 9.49. The average Bonchev–Trinajstić information content (AvgIpc) is 3.56. The quantitative estimate of drug-likeness (QED) is 0.357. The molecule has 0 aliphatic heterocycles. The molecule has 31 heavy (non-hydrogen) atoms. The molecule has 0 saturated heterocycles. The Morgan fingerprint density at radius 1 is 1.10 bits per heavy atom. The Labute approximate surface area is 190 Å². The Balaban J connectivity index is 1.39. The number of carbonyl (C=O) groups excluding carboxylic acids is 1. The number of amides is 1. The summed E-state index contributed by atoms with van der Waals surface area (Å²) in [6, 6.07) is 14.0. The van der Waals surface area contributed by atoms with Crippen molar-refractivity contribution in [3.8, 4) is 31.8 Å². The van der Waals surface area contributed by atoms with Gasteiger partial charge in [-0.05, 0) is 11.4 Å². The zero-order valence-corrected chi connectivity index (χ0v) is 18.9. The Morgan fingerprint density at radius 2 is 1.97 bits per heavy atom. The van der Waals surface area contributed by atoms with E-state index in [1.165, 1.54) is 11.3 Å². The van der Waals surface area contributed by atoms with Crippen LogP contribution in [0.1, 0.15) is 5.69 Å². The Kier molecular flexibility index (Phi) is 5.46. The van der Waals surface area contributed by atoms with Gasteiger partial charge in [-0.2, -0.15) is 0 Å². The minimum Gasteiger partial charge on any atom is -0.333 e. The fraction of sp³-hybridized carbons (Fsp3) is 0.0909. The number of benzene rings is 1. The predicted molar refractivity (Wildman–Crippen MR) is 128 cm³/mol. The third-order valence-electron chi connectivity index (χ3n) is 4.57. The van der Waals surface area contributed by atoms with Gasteiger partial charge in [-0.25, -0.2) is 15.0 Å². The first-order valence-corrected chi connectivity index (χ1v) is 12.1. The predicted octanol–water partition coefficient (Wildman–Crippen LogP) is 5.58. The maximum atomic E-state index is 12.7. The summed E-state index contributed by atoms with van der Waals surface area (Å²) in [7, 11) is 1.95. The summed E-state index contributed by atoms with van der Waals surface area (Å²) in [6.07, 6.45) is 3.87.